The Labute approximate surface area is 117 Å². The lowest BCUT2D eigenvalue weighted by atomic mass is 10.2. The first-order valence-electron chi connectivity index (χ1n) is 6.30. The third-order valence-electron chi connectivity index (χ3n) is 2.75. The van der Waals surface area contributed by atoms with Crippen LogP contribution in [0, 0.1) is 0 Å². The van der Waals surface area contributed by atoms with Crippen LogP contribution in [0.4, 0.5) is 0 Å². The second-order valence-corrected chi connectivity index (χ2v) is 4.28. The molecule has 0 bridgehead atoms. The molecule has 3 nitrogen and oxygen atoms in total. The molecule has 1 heterocycles. The van der Waals surface area contributed by atoms with E-state index in [9.17, 15) is 4.79 Å². The van der Waals surface area contributed by atoms with E-state index < -0.39 is 5.97 Å². The second-order valence-electron chi connectivity index (χ2n) is 4.28. The number of hydrogen-bond acceptors (Lipinski definition) is 2. The lowest BCUT2D eigenvalue weighted by molar-refractivity contribution is -0.136. The average Bonchev–Trinajstić information content (AvgIpc) is 2.48. The minimum Gasteiger partial charge on any atom is -0.481 e. The number of carboxylic acid groups (broad SMARTS) is 1. The summed E-state index contributed by atoms with van der Waals surface area (Å²) >= 11 is 0. The van der Waals surface area contributed by atoms with Crippen LogP contribution < -0.4 is 0 Å². The Morgan fingerprint density at radius 1 is 0.900 bits per heavy atom. The second kappa shape index (κ2) is 7.04. The van der Waals surface area contributed by atoms with Gasteiger partial charge in [-0.15, -0.1) is 0 Å². The number of carbonyl (C=O) groups is 1. The quantitative estimate of drug-likeness (QED) is 0.771. The van der Waals surface area contributed by atoms with Crippen molar-refractivity contribution in [2.24, 2.45) is 0 Å². The monoisotopic (exact) mass is 265 g/mol. The average molecular weight is 265 g/mol. The van der Waals surface area contributed by atoms with Gasteiger partial charge in [0, 0.05) is 12.4 Å². The maximum atomic E-state index is 10.2. The van der Waals surface area contributed by atoms with E-state index in [1.54, 1.807) is 12.1 Å². The topological polar surface area (TPSA) is 50.2 Å². The zero-order valence-corrected chi connectivity index (χ0v) is 10.9. The first-order valence-corrected chi connectivity index (χ1v) is 6.30. The third kappa shape index (κ3) is 4.21. The molecule has 0 aliphatic heterocycles. The van der Waals surface area contributed by atoms with Gasteiger partial charge >= 0.3 is 5.97 Å². The van der Waals surface area contributed by atoms with Crippen molar-refractivity contribution in [1.82, 2.24) is 4.98 Å². The fourth-order valence-corrected chi connectivity index (χ4v) is 1.80. The largest absolute Gasteiger partial charge is 0.481 e. The van der Waals surface area contributed by atoms with E-state index >= 15 is 0 Å². The van der Waals surface area contributed by atoms with Gasteiger partial charge in [-0.3, -0.25) is 9.78 Å². The lowest BCUT2D eigenvalue weighted by Gasteiger charge is -1.92. The Balaban J connectivity index is 0.000000147. The first-order chi connectivity index (χ1) is 9.75. The van der Waals surface area contributed by atoms with Gasteiger partial charge in [-0.1, -0.05) is 54.6 Å². The van der Waals surface area contributed by atoms with Gasteiger partial charge in [0.15, 0.2) is 0 Å². The molecule has 2 aromatic carbocycles. The van der Waals surface area contributed by atoms with Crippen LogP contribution in [0.25, 0.3) is 10.8 Å². The van der Waals surface area contributed by atoms with Gasteiger partial charge in [0.05, 0.1) is 6.42 Å². The number of fused-ring (bicyclic) bond motifs is 1. The van der Waals surface area contributed by atoms with Crippen molar-refractivity contribution in [3.8, 4) is 0 Å². The van der Waals surface area contributed by atoms with Gasteiger partial charge in [-0.25, -0.2) is 0 Å². The Hall–Kier alpha value is -2.68. The molecule has 100 valence electrons. The van der Waals surface area contributed by atoms with Crippen molar-refractivity contribution in [3.05, 3.63) is 78.6 Å². The van der Waals surface area contributed by atoms with Crippen LogP contribution >= 0.6 is 0 Å². The highest BCUT2D eigenvalue weighted by molar-refractivity contribution is 5.80. The van der Waals surface area contributed by atoms with Crippen molar-refractivity contribution >= 4 is 16.7 Å². The van der Waals surface area contributed by atoms with E-state index in [4.69, 9.17) is 5.11 Å². The summed E-state index contributed by atoms with van der Waals surface area (Å²) in [5, 5.41) is 10.8. The van der Waals surface area contributed by atoms with E-state index in [0.717, 1.165) is 5.56 Å². The van der Waals surface area contributed by atoms with Crippen molar-refractivity contribution in [2.75, 3.05) is 0 Å². The zero-order chi connectivity index (χ0) is 14.2. The maximum absolute atomic E-state index is 10.2. The molecule has 0 spiro atoms. The highest BCUT2D eigenvalue weighted by Gasteiger charge is 1.96. The van der Waals surface area contributed by atoms with Gasteiger partial charge < -0.3 is 5.11 Å². The molecule has 1 N–H and O–H groups in total. The molecule has 0 saturated heterocycles. The molecule has 20 heavy (non-hydrogen) atoms. The number of hydrogen-bond donors (Lipinski definition) is 1. The van der Waals surface area contributed by atoms with Crippen molar-refractivity contribution < 1.29 is 9.90 Å². The molecule has 0 unspecified atom stereocenters. The molecule has 3 rings (SSSR count). The predicted molar refractivity (Wildman–Crippen MR) is 79.5 cm³/mol. The van der Waals surface area contributed by atoms with Gasteiger partial charge in [0.25, 0.3) is 0 Å². The van der Waals surface area contributed by atoms with E-state index in [0.29, 0.717) is 0 Å². The van der Waals surface area contributed by atoms with Crippen LogP contribution in [-0.4, -0.2) is 16.1 Å². The fourth-order valence-electron chi connectivity index (χ4n) is 1.80. The molecule has 0 saturated carbocycles. The molecule has 0 atom stereocenters. The lowest BCUT2D eigenvalue weighted by Crippen LogP contribution is -1.98. The molecular weight excluding hydrogens is 250 g/mol. The highest BCUT2D eigenvalue weighted by Crippen LogP contribution is 2.09. The van der Waals surface area contributed by atoms with Gasteiger partial charge in [-0.2, -0.15) is 0 Å². The summed E-state index contributed by atoms with van der Waals surface area (Å²) in [7, 11) is 0. The van der Waals surface area contributed by atoms with Crippen LogP contribution in [-0.2, 0) is 11.2 Å². The summed E-state index contributed by atoms with van der Waals surface area (Å²) in [6, 6.07) is 19.3. The van der Waals surface area contributed by atoms with E-state index in [-0.39, 0.29) is 6.42 Å². The molecule has 0 aliphatic rings. The van der Waals surface area contributed by atoms with Crippen LogP contribution in [0.2, 0.25) is 0 Å². The molecular formula is C17H15NO2. The normalized spacial score (nSPS) is 9.60. The van der Waals surface area contributed by atoms with Crippen LogP contribution in [0.3, 0.4) is 0 Å². The van der Waals surface area contributed by atoms with Crippen LogP contribution in [0.1, 0.15) is 5.56 Å². The summed E-state index contributed by atoms with van der Waals surface area (Å²) in [6.45, 7) is 0. The summed E-state index contributed by atoms with van der Waals surface area (Å²) in [5.74, 6) is -0.786. The van der Waals surface area contributed by atoms with Crippen LogP contribution in [0.15, 0.2) is 73.1 Å². The Morgan fingerprint density at radius 2 is 1.55 bits per heavy atom. The number of carboxylic acids is 1. The molecule has 3 heteroatoms. The molecule has 0 fully saturated rings. The molecule has 0 aliphatic carbocycles. The Kier molecular flexibility index (Phi) is 4.84. The highest BCUT2D eigenvalue weighted by atomic mass is 16.4. The molecule has 0 radical (unpaired) electrons. The van der Waals surface area contributed by atoms with Crippen molar-refractivity contribution in [1.29, 1.82) is 0 Å². The third-order valence-corrected chi connectivity index (χ3v) is 2.75. The van der Waals surface area contributed by atoms with E-state index in [2.05, 4.69) is 17.1 Å². The minimum atomic E-state index is -0.786. The van der Waals surface area contributed by atoms with Gasteiger partial charge in [0.2, 0.25) is 0 Å². The number of rotatable bonds is 2. The summed E-state index contributed by atoms with van der Waals surface area (Å²) in [5.41, 5.74) is 0.843. The smallest absolute Gasteiger partial charge is 0.307 e. The zero-order valence-electron chi connectivity index (χ0n) is 10.9. The minimum absolute atomic E-state index is 0.112. The predicted octanol–water partition coefficient (Wildman–Crippen LogP) is 3.55. The number of aliphatic carboxylic acids is 1. The Bertz CT molecular complexity index is 615. The fraction of sp³-hybridized carbons (Fsp3) is 0.0588. The van der Waals surface area contributed by atoms with Crippen molar-refractivity contribution in [3.63, 3.8) is 0 Å². The molecule has 3 aromatic rings. The molecule has 1 aromatic heterocycles. The van der Waals surface area contributed by atoms with E-state index in [1.165, 1.54) is 10.8 Å². The Morgan fingerprint density at radius 3 is 2.20 bits per heavy atom. The van der Waals surface area contributed by atoms with Crippen molar-refractivity contribution in [2.45, 2.75) is 6.42 Å². The number of nitrogens with zero attached hydrogens (tertiary/aromatic N) is 1. The molecule has 0 amide bonds. The maximum Gasteiger partial charge on any atom is 0.307 e. The van der Waals surface area contributed by atoms with Gasteiger partial charge in [-0.05, 0) is 22.4 Å². The first kappa shape index (κ1) is 13.7. The SMILES string of the molecule is O=C(O)Cc1ccccc1.c1ccc2cnccc2c1. The number of aromatic nitrogens is 1. The van der Waals surface area contributed by atoms with Crippen LogP contribution in [0.5, 0.6) is 0 Å². The van der Waals surface area contributed by atoms with E-state index in [1.807, 2.05) is 48.8 Å². The standard InChI is InChI=1S/C9H7N.C8H8O2/c1-2-4-9-7-10-6-5-8(9)3-1;9-8(10)6-7-4-2-1-3-5-7/h1-7H;1-5H,6H2,(H,9,10). The summed E-state index contributed by atoms with van der Waals surface area (Å²) in [6.07, 6.45) is 3.79. The summed E-state index contributed by atoms with van der Waals surface area (Å²) < 4.78 is 0. The number of pyridine rings is 1. The summed E-state index contributed by atoms with van der Waals surface area (Å²) in [4.78, 5) is 14.2. The van der Waals surface area contributed by atoms with Gasteiger partial charge in [0.1, 0.15) is 0 Å². The number of benzene rings is 2.